The molecule has 0 radical (unpaired) electrons. The highest BCUT2D eigenvalue weighted by Gasteiger charge is 2.48. The highest BCUT2D eigenvalue weighted by molar-refractivity contribution is 5.97. The number of nitrogens with one attached hydrogen (secondary N) is 1. The molecule has 1 aliphatic carbocycles. The zero-order chi connectivity index (χ0) is 22.4. The van der Waals surface area contributed by atoms with E-state index >= 15 is 0 Å². The fourth-order valence-electron chi connectivity index (χ4n) is 4.97. The minimum atomic E-state index is -0.508. The molecule has 0 bridgehead atoms. The fraction of sp³-hybridized carbons (Fsp3) is 0.280. The maximum absolute atomic E-state index is 9.36. The Morgan fingerprint density at radius 3 is 2.88 bits per heavy atom. The summed E-state index contributed by atoms with van der Waals surface area (Å²) in [6.45, 7) is 0.936. The number of pyridine rings is 2. The summed E-state index contributed by atoms with van der Waals surface area (Å²) in [6, 6.07) is 14.7. The van der Waals surface area contributed by atoms with Gasteiger partial charge < -0.3 is 5.32 Å². The van der Waals surface area contributed by atoms with Crippen LogP contribution in [-0.4, -0.2) is 31.5 Å². The topological polar surface area (TPSA) is 116 Å². The first-order valence-corrected chi connectivity index (χ1v) is 11.0. The van der Waals surface area contributed by atoms with Crippen molar-refractivity contribution in [2.75, 3.05) is 11.9 Å². The zero-order valence-corrected chi connectivity index (χ0v) is 17.9. The number of nitrogens with zero attached hydrogens (tertiary/aromatic N) is 7. The Balaban J connectivity index is 1.46. The molecule has 8 nitrogen and oxygen atoms in total. The van der Waals surface area contributed by atoms with Crippen molar-refractivity contribution in [1.82, 2.24) is 25.0 Å². The predicted molar refractivity (Wildman–Crippen MR) is 123 cm³/mol. The molecule has 0 amide bonds. The van der Waals surface area contributed by atoms with E-state index in [0.717, 1.165) is 46.4 Å². The average molecular weight is 432 g/mol. The predicted octanol–water partition coefficient (Wildman–Crippen LogP) is 4.07. The van der Waals surface area contributed by atoms with E-state index in [4.69, 9.17) is 10.1 Å². The molecule has 8 heteroatoms. The van der Waals surface area contributed by atoms with Gasteiger partial charge in [-0.1, -0.05) is 6.07 Å². The molecule has 6 rings (SSSR count). The van der Waals surface area contributed by atoms with E-state index in [1.54, 1.807) is 17.2 Å². The van der Waals surface area contributed by atoms with Crippen LogP contribution in [-0.2, 0) is 12.0 Å². The molecule has 1 fully saturated rings. The normalized spacial score (nSPS) is 21.0. The second-order valence-electron chi connectivity index (χ2n) is 8.81. The van der Waals surface area contributed by atoms with Crippen LogP contribution in [0.3, 0.4) is 0 Å². The van der Waals surface area contributed by atoms with Crippen LogP contribution < -0.4 is 5.32 Å². The van der Waals surface area contributed by atoms with Gasteiger partial charge >= 0.3 is 0 Å². The summed E-state index contributed by atoms with van der Waals surface area (Å²) in [4.78, 5) is 10.9. The van der Waals surface area contributed by atoms with Crippen LogP contribution in [0, 0.1) is 28.6 Å². The first-order valence-electron chi connectivity index (χ1n) is 11.0. The van der Waals surface area contributed by atoms with Crippen LogP contribution in [0.5, 0.6) is 0 Å². The van der Waals surface area contributed by atoms with Gasteiger partial charge in [0.2, 0.25) is 0 Å². The maximum atomic E-state index is 9.36. The van der Waals surface area contributed by atoms with Gasteiger partial charge in [-0.05, 0) is 49.1 Å². The molecule has 1 N–H and O–H groups in total. The van der Waals surface area contributed by atoms with Gasteiger partial charge in [0, 0.05) is 41.1 Å². The van der Waals surface area contributed by atoms with Crippen LogP contribution in [0.15, 0.2) is 48.9 Å². The Morgan fingerprint density at radius 1 is 1.12 bits per heavy atom. The van der Waals surface area contributed by atoms with Crippen LogP contribution in [0.1, 0.15) is 24.8 Å². The summed E-state index contributed by atoms with van der Waals surface area (Å²) >= 11 is 0. The highest BCUT2D eigenvalue weighted by atomic mass is 15.5. The molecule has 3 aromatic heterocycles. The van der Waals surface area contributed by atoms with Crippen LogP contribution >= 0.6 is 0 Å². The summed E-state index contributed by atoms with van der Waals surface area (Å²) in [7, 11) is 0. The number of rotatable bonds is 4. The van der Waals surface area contributed by atoms with Gasteiger partial charge in [0.25, 0.3) is 0 Å². The lowest BCUT2D eigenvalue weighted by Gasteiger charge is -2.42. The molecule has 4 heterocycles. The highest BCUT2D eigenvalue weighted by Crippen LogP contribution is 2.45. The summed E-state index contributed by atoms with van der Waals surface area (Å²) in [6.07, 6.45) is 7.93. The Morgan fingerprint density at radius 2 is 2.03 bits per heavy atom. The SMILES string of the molecule is N#CC[C@]1(n2ncc(-c3cc(-c4cc5c(cn4)CCN5)cc4ncccc34)n2)C[C@@H](C#N)C1. The summed E-state index contributed by atoms with van der Waals surface area (Å²) in [5, 5.41) is 32.3. The second-order valence-corrected chi connectivity index (χ2v) is 8.81. The number of anilines is 1. The van der Waals surface area contributed by atoms with Crippen molar-refractivity contribution in [3.05, 3.63) is 54.5 Å². The first kappa shape index (κ1) is 19.4. The van der Waals surface area contributed by atoms with Gasteiger partial charge in [0.15, 0.2) is 0 Å². The number of aromatic nitrogens is 5. The maximum Gasteiger partial charge on any atom is 0.113 e. The lowest BCUT2D eigenvalue weighted by Crippen LogP contribution is -2.47. The van der Waals surface area contributed by atoms with Gasteiger partial charge in [0.05, 0.1) is 47.4 Å². The number of nitriles is 2. The molecule has 4 aromatic rings. The molecule has 0 spiro atoms. The van der Waals surface area contributed by atoms with Gasteiger partial charge in [-0.15, -0.1) is 0 Å². The molecule has 0 saturated heterocycles. The third kappa shape index (κ3) is 3.11. The molecule has 2 aliphatic rings. The largest absolute Gasteiger partial charge is 0.384 e. The molecule has 160 valence electrons. The molecular weight excluding hydrogens is 412 g/mol. The van der Waals surface area contributed by atoms with Gasteiger partial charge in [-0.3, -0.25) is 9.97 Å². The molecular formula is C25H20N8. The summed E-state index contributed by atoms with van der Waals surface area (Å²) in [5.74, 6) is -0.0550. The Hall–Kier alpha value is -4.30. The van der Waals surface area contributed by atoms with E-state index in [1.807, 2.05) is 24.4 Å². The number of hydrogen-bond donors (Lipinski definition) is 1. The van der Waals surface area contributed by atoms with Crippen molar-refractivity contribution in [3.63, 3.8) is 0 Å². The van der Waals surface area contributed by atoms with Crippen molar-refractivity contribution >= 4 is 16.6 Å². The van der Waals surface area contributed by atoms with Crippen molar-refractivity contribution < 1.29 is 0 Å². The monoisotopic (exact) mass is 432 g/mol. The molecule has 1 saturated carbocycles. The molecule has 33 heavy (non-hydrogen) atoms. The second kappa shape index (κ2) is 7.39. The van der Waals surface area contributed by atoms with E-state index in [9.17, 15) is 10.5 Å². The molecule has 0 unspecified atom stereocenters. The summed E-state index contributed by atoms with van der Waals surface area (Å²) < 4.78 is 0. The van der Waals surface area contributed by atoms with Crippen molar-refractivity contribution in [2.24, 2.45) is 5.92 Å². The van der Waals surface area contributed by atoms with Gasteiger partial charge in [0.1, 0.15) is 5.69 Å². The van der Waals surface area contributed by atoms with E-state index in [0.29, 0.717) is 18.5 Å². The molecule has 1 aromatic carbocycles. The minimum absolute atomic E-state index is 0.0550. The lowest BCUT2D eigenvalue weighted by atomic mass is 9.68. The van der Waals surface area contributed by atoms with E-state index in [-0.39, 0.29) is 12.3 Å². The quantitative estimate of drug-likeness (QED) is 0.517. The van der Waals surface area contributed by atoms with Crippen LogP contribution in [0.4, 0.5) is 5.69 Å². The van der Waals surface area contributed by atoms with Crippen molar-refractivity contribution in [2.45, 2.75) is 31.2 Å². The Labute approximate surface area is 190 Å². The van der Waals surface area contributed by atoms with Crippen LogP contribution in [0.2, 0.25) is 0 Å². The third-order valence-corrected chi connectivity index (χ3v) is 6.75. The van der Waals surface area contributed by atoms with E-state index in [1.165, 1.54) is 5.56 Å². The van der Waals surface area contributed by atoms with Crippen molar-refractivity contribution in [1.29, 1.82) is 10.5 Å². The molecule has 1 aliphatic heterocycles. The van der Waals surface area contributed by atoms with E-state index < -0.39 is 5.54 Å². The Bertz CT molecular complexity index is 1470. The van der Waals surface area contributed by atoms with E-state index in [2.05, 4.69) is 39.7 Å². The first-order chi connectivity index (χ1) is 16.2. The zero-order valence-electron chi connectivity index (χ0n) is 17.9. The lowest BCUT2D eigenvalue weighted by molar-refractivity contribution is 0.0713. The smallest absolute Gasteiger partial charge is 0.113 e. The van der Waals surface area contributed by atoms with Crippen molar-refractivity contribution in [3.8, 4) is 34.7 Å². The fourth-order valence-corrected chi connectivity index (χ4v) is 4.97. The van der Waals surface area contributed by atoms with Gasteiger partial charge in [-0.2, -0.15) is 25.5 Å². The standard InChI is InChI=1S/C25H20N8/c26-5-4-25(11-16(12-25)13-27)33-31-15-24(32-33)20-8-18(9-23-19(20)2-1-6-28-23)22-10-21-17(14-30-22)3-7-29-21/h1-2,6,8-10,14-16,29H,3-4,7,11-12H2/t16-,25+. The number of benzene rings is 1. The minimum Gasteiger partial charge on any atom is -0.384 e. The summed E-state index contributed by atoms with van der Waals surface area (Å²) in [5.41, 5.74) is 6.18. The van der Waals surface area contributed by atoms with Gasteiger partial charge in [-0.25, -0.2) is 0 Å². The number of fused-ring (bicyclic) bond motifs is 2. The number of hydrogen-bond acceptors (Lipinski definition) is 7. The Kier molecular flexibility index (Phi) is 4.34. The molecule has 0 atom stereocenters. The third-order valence-electron chi connectivity index (χ3n) is 6.75. The van der Waals surface area contributed by atoms with Crippen LogP contribution in [0.25, 0.3) is 33.4 Å². The average Bonchev–Trinajstić information content (AvgIpc) is 3.50.